The van der Waals surface area contributed by atoms with Crippen molar-refractivity contribution in [2.24, 2.45) is 0 Å². The van der Waals surface area contributed by atoms with Crippen molar-refractivity contribution in [1.29, 1.82) is 0 Å². The molecule has 196 valence electrons. The van der Waals surface area contributed by atoms with Gasteiger partial charge < -0.3 is 19.9 Å². The van der Waals surface area contributed by atoms with Gasteiger partial charge in [-0.15, -0.1) is 0 Å². The fourth-order valence-electron chi connectivity index (χ4n) is 5.00. The van der Waals surface area contributed by atoms with E-state index in [2.05, 4.69) is 20.2 Å². The molecule has 0 radical (unpaired) electrons. The second-order valence-electron chi connectivity index (χ2n) is 9.41. The Kier molecular flexibility index (Phi) is 7.06. The molecule has 4 aromatic rings. The molecule has 0 atom stereocenters. The number of rotatable bonds is 4. The van der Waals surface area contributed by atoms with Gasteiger partial charge in [-0.2, -0.15) is 0 Å². The molecule has 2 amide bonds. The molecule has 0 unspecified atom stereocenters. The summed E-state index contributed by atoms with van der Waals surface area (Å²) < 4.78 is 7.38. The fraction of sp³-hybridized carbons (Fsp3) is 0.333. The van der Waals surface area contributed by atoms with Gasteiger partial charge in [0.05, 0.1) is 5.02 Å². The predicted octanol–water partition coefficient (Wildman–Crippen LogP) is 4.80. The zero-order chi connectivity index (χ0) is 26.1. The van der Waals surface area contributed by atoms with Crippen molar-refractivity contribution in [3.8, 4) is 17.1 Å². The van der Waals surface area contributed by atoms with Gasteiger partial charge in [-0.3, -0.25) is 4.57 Å². The van der Waals surface area contributed by atoms with Gasteiger partial charge >= 0.3 is 6.03 Å². The lowest BCUT2D eigenvalue weighted by Gasteiger charge is -2.36. The van der Waals surface area contributed by atoms with Gasteiger partial charge in [0.2, 0.25) is 0 Å². The van der Waals surface area contributed by atoms with Crippen LogP contribution in [-0.4, -0.2) is 75.9 Å². The quantitative estimate of drug-likeness (QED) is 0.392. The lowest BCUT2D eigenvalue weighted by atomic mass is 10.1. The van der Waals surface area contributed by atoms with Crippen molar-refractivity contribution in [2.75, 3.05) is 44.3 Å². The number of hydrogen-bond acceptors (Lipinski definition) is 6. The number of hydrogen-bond donors (Lipinski definition) is 1. The number of benzene rings is 2. The molecule has 2 aromatic heterocycles. The average Bonchev–Trinajstić information content (AvgIpc) is 3.34. The lowest BCUT2D eigenvalue weighted by Crippen LogP contribution is -2.54. The standard InChI is InChI=1S/C27H27Cl2N7O2/c28-18-5-7-20(8-6-18)36-24(21-3-1-2-4-22(21)29)33-23-25(30-17-31-26(23)36)34-11-13-35(14-12-34)27(37)32-19-9-15-38-16-10-19/h1-8,17,19H,9-16H2,(H,32,37). The summed E-state index contributed by atoms with van der Waals surface area (Å²) in [6, 6.07) is 15.3. The minimum Gasteiger partial charge on any atom is -0.381 e. The van der Waals surface area contributed by atoms with Gasteiger partial charge in [0.25, 0.3) is 0 Å². The minimum absolute atomic E-state index is 0.0163. The highest BCUT2D eigenvalue weighted by molar-refractivity contribution is 6.33. The number of piperazine rings is 1. The topological polar surface area (TPSA) is 88.4 Å². The summed E-state index contributed by atoms with van der Waals surface area (Å²) in [4.78, 5) is 31.1. The number of amides is 2. The number of nitrogens with zero attached hydrogens (tertiary/aromatic N) is 6. The van der Waals surface area contributed by atoms with Crippen LogP contribution in [0.3, 0.4) is 0 Å². The highest BCUT2D eigenvalue weighted by Crippen LogP contribution is 2.35. The van der Waals surface area contributed by atoms with Crippen molar-refractivity contribution in [3.05, 3.63) is 64.9 Å². The maximum atomic E-state index is 12.8. The summed E-state index contributed by atoms with van der Waals surface area (Å²) in [5.74, 6) is 1.41. The van der Waals surface area contributed by atoms with E-state index >= 15 is 0 Å². The maximum absolute atomic E-state index is 12.8. The first-order chi connectivity index (χ1) is 18.6. The molecule has 0 spiro atoms. The van der Waals surface area contributed by atoms with E-state index < -0.39 is 0 Å². The van der Waals surface area contributed by atoms with Gasteiger partial charge in [0.15, 0.2) is 17.0 Å². The molecule has 11 heteroatoms. The molecular formula is C27H27Cl2N7O2. The molecule has 4 heterocycles. The van der Waals surface area contributed by atoms with Crippen molar-refractivity contribution in [2.45, 2.75) is 18.9 Å². The predicted molar refractivity (Wildman–Crippen MR) is 148 cm³/mol. The number of nitrogens with one attached hydrogen (secondary N) is 1. The van der Waals surface area contributed by atoms with Crippen molar-refractivity contribution in [3.63, 3.8) is 0 Å². The monoisotopic (exact) mass is 551 g/mol. The van der Waals surface area contributed by atoms with E-state index in [-0.39, 0.29) is 12.1 Å². The number of urea groups is 1. The van der Waals surface area contributed by atoms with Crippen LogP contribution >= 0.6 is 23.2 Å². The number of anilines is 1. The van der Waals surface area contributed by atoms with Crippen LogP contribution in [0.15, 0.2) is 54.9 Å². The smallest absolute Gasteiger partial charge is 0.317 e. The minimum atomic E-state index is -0.0163. The van der Waals surface area contributed by atoms with Crippen molar-refractivity contribution in [1.82, 2.24) is 29.7 Å². The van der Waals surface area contributed by atoms with Crippen LogP contribution < -0.4 is 10.2 Å². The van der Waals surface area contributed by atoms with E-state index in [1.807, 2.05) is 58.0 Å². The molecule has 6 rings (SSSR count). The number of carbonyl (C=O) groups is 1. The van der Waals surface area contributed by atoms with Crippen LogP contribution in [0.1, 0.15) is 12.8 Å². The Morgan fingerprint density at radius 3 is 2.42 bits per heavy atom. The largest absolute Gasteiger partial charge is 0.381 e. The van der Waals surface area contributed by atoms with Gasteiger partial charge in [0.1, 0.15) is 12.2 Å². The van der Waals surface area contributed by atoms with Crippen molar-refractivity contribution < 1.29 is 9.53 Å². The number of ether oxygens (including phenoxy) is 1. The molecule has 2 aliphatic heterocycles. The Labute approximate surface area is 230 Å². The zero-order valence-corrected chi connectivity index (χ0v) is 22.2. The number of fused-ring (bicyclic) bond motifs is 1. The van der Waals surface area contributed by atoms with Gasteiger partial charge in [0, 0.05) is 61.7 Å². The molecule has 0 saturated carbocycles. The van der Waals surface area contributed by atoms with Gasteiger partial charge in [-0.05, 0) is 49.2 Å². The van der Waals surface area contributed by atoms with E-state index in [4.69, 9.17) is 32.9 Å². The second kappa shape index (κ2) is 10.8. The summed E-state index contributed by atoms with van der Waals surface area (Å²) in [7, 11) is 0. The first kappa shape index (κ1) is 24.9. The van der Waals surface area contributed by atoms with E-state index in [9.17, 15) is 4.79 Å². The molecule has 2 aromatic carbocycles. The van der Waals surface area contributed by atoms with E-state index in [0.29, 0.717) is 66.4 Å². The Morgan fingerprint density at radius 1 is 0.947 bits per heavy atom. The molecule has 2 saturated heterocycles. The second-order valence-corrected chi connectivity index (χ2v) is 10.3. The highest BCUT2D eigenvalue weighted by atomic mass is 35.5. The Hall–Kier alpha value is -3.40. The van der Waals surface area contributed by atoms with Crippen LogP contribution in [0.5, 0.6) is 0 Å². The maximum Gasteiger partial charge on any atom is 0.317 e. The molecule has 0 aliphatic carbocycles. The average molecular weight is 552 g/mol. The molecule has 0 bridgehead atoms. The SMILES string of the molecule is O=C(NC1CCOCC1)N1CCN(c2ncnc3c2nc(-c2ccccc2Cl)n3-c2ccc(Cl)cc2)CC1. The Balaban J connectivity index is 1.31. The third-order valence-electron chi connectivity index (χ3n) is 7.04. The highest BCUT2D eigenvalue weighted by Gasteiger charge is 2.27. The molecule has 2 aliphatic rings. The van der Waals surface area contributed by atoms with Crippen LogP contribution in [0.2, 0.25) is 10.0 Å². The molecule has 38 heavy (non-hydrogen) atoms. The van der Waals surface area contributed by atoms with Crippen LogP contribution in [0, 0.1) is 0 Å². The summed E-state index contributed by atoms with van der Waals surface area (Å²) in [5.41, 5.74) is 3.01. The van der Waals surface area contributed by atoms with Crippen LogP contribution in [0.4, 0.5) is 10.6 Å². The van der Waals surface area contributed by atoms with E-state index in [1.54, 1.807) is 6.33 Å². The summed E-state index contributed by atoms with van der Waals surface area (Å²) in [5, 5.41) is 4.39. The first-order valence-electron chi connectivity index (χ1n) is 12.7. The summed E-state index contributed by atoms with van der Waals surface area (Å²) >= 11 is 12.8. The lowest BCUT2D eigenvalue weighted by molar-refractivity contribution is 0.0779. The zero-order valence-electron chi connectivity index (χ0n) is 20.7. The Bertz CT molecular complexity index is 1450. The molecule has 1 N–H and O–H groups in total. The first-order valence-corrected chi connectivity index (χ1v) is 13.5. The summed E-state index contributed by atoms with van der Waals surface area (Å²) in [6.07, 6.45) is 3.27. The fourth-order valence-corrected chi connectivity index (χ4v) is 5.35. The van der Waals surface area contributed by atoms with Crippen LogP contribution in [-0.2, 0) is 4.74 Å². The number of aromatic nitrogens is 4. The van der Waals surface area contributed by atoms with Crippen LogP contribution in [0.25, 0.3) is 28.2 Å². The normalized spacial score (nSPS) is 16.7. The number of halogens is 2. The summed E-state index contributed by atoms with van der Waals surface area (Å²) in [6.45, 7) is 3.86. The van der Waals surface area contributed by atoms with E-state index in [1.165, 1.54) is 0 Å². The van der Waals surface area contributed by atoms with Crippen molar-refractivity contribution >= 4 is 46.2 Å². The number of imidazole rings is 1. The third kappa shape index (κ3) is 4.89. The molecular weight excluding hydrogens is 525 g/mol. The molecule has 9 nitrogen and oxygen atoms in total. The van der Waals surface area contributed by atoms with E-state index in [0.717, 1.165) is 29.9 Å². The van der Waals surface area contributed by atoms with Gasteiger partial charge in [-0.1, -0.05) is 35.3 Å². The molecule has 2 fully saturated rings. The third-order valence-corrected chi connectivity index (χ3v) is 7.62. The van der Waals surface area contributed by atoms with Gasteiger partial charge in [-0.25, -0.2) is 19.7 Å². The number of carbonyl (C=O) groups excluding carboxylic acids is 1. The Morgan fingerprint density at radius 2 is 1.68 bits per heavy atom.